The summed E-state index contributed by atoms with van der Waals surface area (Å²) in [5.41, 5.74) is 3.78. The fourth-order valence-corrected chi connectivity index (χ4v) is 5.13. The monoisotopic (exact) mass is 470 g/mol. The molecule has 0 unspecified atom stereocenters. The predicted molar refractivity (Wildman–Crippen MR) is 124 cm³/mol. The molecule has 5 nitrogen and oxygen atoms in total. The minimum Gasteiger partial charge on any atom is -0.358 e. The molecule has 0 spiro atoms. The standard InChI is InChI=1S/C26H29F3N4O/c1-4-33-22-12-13-32(25(26(34)30-3)17-8-6-5-7-9-17)21(23(22)16(2)31-33)11-10-18-14-19(27)15-20(28)24(18)29/h5-9,14-15,21,25H,4,10-13H2,1-3H3,(H,30,34)/t21-,25+/m0/s1. The van der Waals surface area contributed by atoms with E-state index >= 15 is 0 Å². The summed E-state index contributed by atoms with van der Waals surface area (Å²) < 4.78 is 44.1. The molecule has 34 heavy (non-hydrogen) atoms. The number of hydrogen-bond donors (Lipinski definition) is 1. The van der Waals surface area contributed by atoms with Gasteiger partial charge in [-0.25, -0.2) is 13.2 Å². The van der Waals surface area contributed by atoms with E-state index in [0.717, 1.165) is 28.6 Å². The average Bonchev–Trinajstić information content (AvgIpc) is 3.17. The average molecular weight is 471 g/mol. The van der Waals surface area contributed by atoms with Gasteiger partial charge in [-0.3, -0.25) is 14.4 Å². The number of nitrogens with one attached hydrogen (secondary N) is 1. The van der Waals surface area contributed by atoms with Crippen molar-refractivity contribution in [3.05, 3.63) is 88.0 Å². The van der Waals surface area contributed by atoms with Crippen LogP contribution in [0.4, 0.5) is 13.2 Å². The molecule has 1 amide bonds. The molecule has 180 valence electrons. The van der Waals surface area contributed by atoms with E-state index in [1.54, 1.807) is 7.05 Å². The lowest BCUT2D eigenvalue weighted by Crippen LogP contribution is -2.45. The summed E-state index contributed by atoms with van der Waals surface area (Å²) in [6.45, 7) is 5.26. The Balaban J connectivity index is 1.77. The second kappa shape index (κ2) is 10.0. The Kier molecular flexibility index (Phi) is 7.07. The lowest BCUT2D eigenvalue weighted by molar-refractivity contribution is -0.127. The summed E-state index contributed by atoms with van der Waals surface area (Å²) >= 11 is 0. The van der Waals surface area contributed by atoms with Gasteiger partial charge in [0.2, 0.25) is 5.91 Å². The van der Waals surface area contributed by atoms with E-state index in [0.29, 0.717) is 32.0 Å². The van der Waals surface area contributed by atoms with Crippen molar-refractivity contribution < 1.29 is 18.0 Å². The topological polar surface area (TPSA) is 50.2 Å². The first-order valence-corrected chi connectivity index (χ1v) is 11.6. The third kappa shape index (κ3) is 4.46. The van der Waals surface area contributed by atoms with Gasteiger partial charge in [-0.2, -0.15) is 5.10 Å². The highest BCUT2D eigenvalue weighted by molar-refractivity contribution is 5.83. The molecule has 2 heterocycles. The quantitative estimate of drug-likeness (QED) is 0.512. The second-order valence-electron chi connectivity index (χ2n) is 8.59. The number of aryl methyl sites for hydroxylation is 3. The zero-order chi connectivity index (χ0) is 24.4. The number of likely N-dealkylation sites (N-methyl/N-ethyl adjacent to an activating group) is 1. The van der Waals surface area contributed by atoms with Crippen LogP contribution in [0.1, 0.15) is 53.5 Å². The minimum atomic E-state index is -1.20. The Bertz CT molecular complexity index is 1180. The van der Waals surface area contributed by atoms with Gasteiger partial charge in [0.15, 0.2) is 11.6 Å². The molecule has 0 aliphatic carbocycles. The molecule has 1 N–H and O–H groups in total. The number of amides is 1. The van der Waals surface area contributed by atoms with Crippen LogP contribution in [-0.4, -0.2) is 34.2 Å². The predicted octanol–water partition coefficient (Wildman–Crippen LogP) is 4.65. The highest BCUT2D eigenvalue weighted by Gasteiger charge is 2.39. The molecule has 0 fully saturated rings. The van der Waals surface area contributed by atoms with Crippen LogP contribution in [0.3, 0.4) is 0 Å². The van der Waals surface area contributed by atoms with E-state index in [1.807, 2.05) is 48.9 Å². The number of carbonyl (C=O) groups excluding carboxylic acids is 1. The van der Waals surface area contributed by atoms with Gasteiger partial charge in [0.1, 0.15) is 11.9 Å². The molecule has 3 aromatic rings. The van der Waals surface area contributed by atoms with Gasteiger partial charge in [-0.1, -0.05) is 30.3 Å². The molecule has 0 saturated heterocycles. The molecule has 1 aliphatic heterocycles. The van der Waals surface area contributed by atoms with Crippen molar-refractivity contribution in [2.24, 2.45) is 0 Å². The van der Waals surface area contributed by atoms with Crippen molar-refractivity contribution >= 4 is 5.91 Å². The number of halogens is 3. The Labute approximate surface area is 197 Å². The van der Waals surface area contributed by atoms with Crippen LogP contribution >= 0.6 is 0 Å². The van der Waals surface area contributed by atoms with Crippen molar-refractivity contribution in [2.75, 3.05) is 13.6 Å². The van der Waals surface area contributed by atoms with Crippen LogP contribution in [-0.2, 0) is 24.2 Å². The third-order valence-electron chi connectivity index (χ3n) is 6.62. The Morgan fingerprint density at radius 3 is 2.62 bits per heavy atom. The second-order valence-corrected chi connectivity index (χ2v) is 8.59. The van der Waals surface area contributed by atoms with Gasteiger partial charge in [0, 0.05) is 49.9 Å². The first-order chi connectivity index (χ1) is 16.3. The first-order valence-electron chi connectivity index (χ1n) is 11.6. The summed E-state index contributed by atoms with van der Waals surface area (Å²) in [6, 6.07) is 10.3. The molecule has 2 atom stereocenters. The molecule has 4 rings (SSSR count). The SMILES string of the molecule is CCn1nc(C)c2c1CCN([C@@H](C(=O)NC)c1ccccc1)[C@H]2CCc1cc(F)cc(F)c1F. The van der Waals surface area contributed by atoms with Crippen LogP contribution < -0.4 is 5.32 Å². The van der Waals surface area contributed by atoms with Gasteiger partial charge in [-0.15, -0.1) is 0 Å². The number of nitrogens with zero attached hydrogens (tertiary/aromatic N) is 3. The molecule has 8 heteroatoms. The van der Waals surface area contributed by atoms with Crippen molar-refractivity contribution in [2.45, 2.75) is 51.7 Å². The zero-order valence-corrected chi connectivity index (χ0v) is 19.6. The van der Waals surface area contributed by atoms with Gasteiger partial charge in [0.05, 0.1) is 5.69 Å². The molecule has 0 saturated carbocycles. The van der Waals surface area contributed by atoms with Crippen LogP contribution in [0.2, 0.25) is 0 Å². The maximum Gasteiger partial charge on any atom is 0.241 e. The van der Waals surface area contributed by atoms with Crippen molar-refractivity contribution in [1.82, 2.24) is 20.0 Å². The van der Waals surface area contributed by atoms with E-state index < -0.39 is 23.5 Å². The minimum absolute atomic E-state index is 0.0127. The molecule has 1 aliphatic rings. The van der Waals surface area contributed by atoms with Crippen LogP contribution in [0.15, 0.2) is 42.5 Å². The fraction of sp³-hybridized carbons (Fsp3) is 0.385. The number of rotatable bonds is 7. The zero-order valence-electron chi connectivity index (χ0n) is 19.6. The highest BCUT2D eigenvalue weighted by Crippen LogP contribution is 2.41. The van der Waals surface area contributed by atoms with Gasteiger partial charge in [0.25, 0.3) is 0 Å². The van der Waals surface area contributed by atoms with Crippen LogP contribution in [0.5, 0.6) is 0 Å². The van der Waals surface area contributed by atoms with Crippen molar-refractivity contribution in [3.8, 4) is 0 Å². The first kappa shape index (κ1) is 24.0. The number of carbonyl (C=O) groups is 1. The number of fused-ring (bicyclic) bond motifs is 1. The number of benzene rings is 2. The summed E-state index contributed by atoms with van der Waals surface area (Å²) in [5.74, 6) is -3.18. The Morgan fingerprint density at radius 1 is 1.21 bits per heavy atom. The molecule has 1 aromatic heterocycles. The maximum absolute atomic E-state index is 14.4. The summed E-state index contributed by atoms with van der Waals surface area (Å²) in [6.07, 6.45) is 1.21. The van der Waals surface area contributed by atoms with Gasteiger partial charge < -0.3 is 5.32 Å². The lowest BCUT2D eigenvalue weighted by atomic mass is 9.88. The summed E-state index contributed by atoms with van der Waals surface area (Å²) in [5, 5.41) is 7.46. The molecule has 0 radical (unpaired) electrons. The van der Waals surface area contributed by atoms with E-state index in [1.165, 1.54) is 0 Å². The summed E-state index contributed by atoms with van der Waals surface area (Å²) in [7, 11) is 1.61. The normalized spacial score (nSPS) is 16.8. The highest BCUT2D eigenvalue weighted by atomic mass is 19.2. The van der Waals surface area contributed by atoms with Crippen molar-refractivity contribution in [1.29, 1.82) is 0 Å². The van der Waals surface area contributed by atoms with Gasteiger partial charge >= 0.3 is 0 Å². The smallest absolute Gasteiger partial charge is 0.241 e. The fourth-order valence-electron chi connectivity index (χ4n) is 5.13. The van der Waals surface area contributed by atoms with Crippen molar-refractivity contribution in [3.63, 3.8) is 0 Å². The lowest BCUT2D eigenvalue weighted by Gasteiger charge is -2.41. The summed E-state index contributed by atoms with van der Waals surface area (Å²) in [4.78, 5) is 15.2. The van der Waals surface area contributed by atoms with Crippen LogP contribution in [0.25, 0.3) is 0 Å². The van der Waals surface area contributed by atoms with Gasteiger partial charge in [-0.05, 0) is 43.9 Å². The molecular weight excluding hydrogens is 441 g/mol. The Hall–Kier alpha value is -3.13. The third-order valence-corrected chi connectivity index (χ3v) is 6.62. The van der Waals surface area contributed by atoms with E-state index in [9.17, 15) is 18.0 Å². The van der Waals surface area contributed by atoms with E-state index in [-0.39, 0.29) is 23.9 Å². The Morgan fingerprint density at radius 2 is 1.94 bits per heavy atom. The van der Waals surface area contributed by atoms with Crippen LogP contribution in [0, 0.1) is 24.4 Å². The molecule has 0 bridgehead atoms. The maximum atomic E-state index is 14.4. The number of aromatic nitrogens is 2. The largest absolute Gasteiger partial charge is 0.358 e. The van der Waals surface area contributed by atoms with E-state index in [4.69, 9.17) is 0 Å². The molecule has 2 aromatic carbocycles. The molecular formula is C26H29F3N4O. The number of hydrogen-bond acceptors (Lipinski definition) is 3. The van der Waals surface area contributed by atoms with E-state index in [2.05, 4.69) is 15.3 Å².